The lowest BCUT2D eigenvalue weighted by atomic mass is 10.1. The number of hydrogen-bond acceptors (Lipinski definition) is 4. The molecular formula is C18H33N3O. The Bertz CT molecular complexity index is 332. The Hall–Kier alpha value is -1.16. The minimum atomic E-state index is 0.735. The molecule has 0 atom stereocenters. The van der Waals surface area contributed by atoms with Crippen LogP contribution in [0, 0.1) is 0 Å². The normalized spacial score (nSPS) is 10.8. The molecular weight excluding hydrogens is 274 g/mol. The van der Waals surface area contributed by atoms with Crippen molar-refractivity contribution in [2.24, 2.45) is 0 Å². The van der Waals surface area contributed by atoms with Crippen molar-refractivity contribution in [2.75, 3.05) is 25.1 Å². The Morgan fingerprint density at radius 2 is 1.41 bits per heavy atom. The molecule has 4 nitrogen and oxygen atoms in total. The van der Waals surface area contributed by atoms with Gasteiger partial charge in [0.1, 0.15) is 0 Å². The van der Waals surface area contributed by atoms with Crippen molar-refractivity contribution >= 4 is 5.95 Å². The maximum absolute atomic E-state index is 5.65. The van der Waals surface area contributed by atoms with Crippen molar-refractivity contribution in [3.8, 4) is 0 Å². The highest BCUT2D eigenvalue weighted by molar-refractivity contribution is 5.21. The van der Waals surface area contributed by atoms with Gasteiger partial charge in [-0.15, -0.1) is 0 Å². The van der Waals surface area contributed by atoms with Crippen molar-refractivity contribution in [1.82, 2.24) is 9.97 Å². The van der Waals surface area contributed by atoms with Crippen molar-refractivity contribution < 1.29 is 4.74 Å². The molecule has 0 fully saturated rings. The molecule has 0 aliphatic rings. The van der Waals surface area contributed by atoms with Gasteiger partial charge in [-0.2, -0.15) is 0 Å². The second-order valence-electron chi connectivity index (χ2n) is 5.79. The smallest absolute Gasteiger partial charge is 0.222 e. The predicted molar refractivity (Wildman–Crippen MR) is 93.2 cm³/mol. The first kappa shape index (κ1) is 18.9. The summed E-state index contributed by atoms with van der Waals surface area (Å²) in [6, 6.07) is 1.83. The number of rotatable bonds is 15. The molecule has 0 saturated heterocycles. The fourth-order valence-electron chi connectivity index (χ4n) is 2.36. The van der Waals surface area contributed by atoms with Crippen molar-refractivity contribution in [3.63, 3.8) is 0 Å². The number of aromatic nitrogens is 2. The molecule has 0 aliphatic heterocycles. The number of nitrogens with zero attached hydrogens (tertiary/aromatic N) is 2. The van der Waals surface area contributed by atoms with E-state index < -0.39 is 0 Å². The van der Waals surface area contributed by atoms with E-state index in [1.54, 1.807) is 12.4 Å². The van der Waals surface area contributed by atoms with Crippen LogP contribution in [-0.2, 0) is 4.74 Å². The Morgan fingerprint density at radius 1 is 0.818 bits per heavy atom. The molecule has 1 rings (SSSR count). The van der Waals surface area contributed by atoms with Gasteiger partial charge in [0, 0.05) is 32.2 Å². The second kappa shape index (κ2) is 14.8. The van der Waals surface area contributed by atoms with E-state index in [1.165, 1.54) is 64.2 Å². The molecule has 22 heavy (non-hydrogen) atoms. The summed E-state index contributed by atoms with van der Waals surface area (Å²) in [5, 5.41) is 3.24. The van der Waals surface area contributed by atoms with Crippen LogP contribution in [0.15, 0.2) is 18.5 Å². The van der Waals surface area contributed by atoms with Crippen LogP contribution in [0.25, 0.3) is 0 Å². The highest BCUT2D eigenvalue weighted by atomic mass is 16.5. The Kier molecular flexibility index (Phi) is 12.7. The highest BCUT2D eigenvalue weighted by Gasteiger charge is 1.95. The van der Waals surface area contributed by atoms with Gasteiger partial charge >= 0.3 is 0 Å². The van der Waals surface area contributed by atoms with E-state index in [0.717, 1.165) is 25.7 Å². The molecule has 0 aromatic carbocycles. The van der Waals surface area contributed by atoms with E-state index in [-0.39, 0.29) is 0 Å². The summed E-state index contributed by atoms with van der Waals surface area (Å²) in [4.78, 5) is 8.28. The molecule has 1 heterocycles. The first-order valence-corrected chi connectivity index (χ1v) is 9.02. The number of unbranched alkanes of at least 4 members (excludes halogenated alkanes) is 8. The number of ether oxygens (including phenoxy) is 1. The Labute approximate surface area is 136 Å². The van der Waals surface area contributed by atoms with Crippen LogP contribution in [0.5, 0.6) is 0 Å². The summed E-state index contributed by atoms with van der Waals surface area (Å²) in [6.07, 6.45) is 16.3. The topological polar surface area (TPSA) is 47.0 Å². The third-order valence-electron chi connectivity index (χ3n) is 3.71. The minimum absolute atomic E-state index is 0.735. The van der Waals surface area contributed by atoms with E-state index in [0.29, 0.717) is 0 Å². The first-order chi connectivity index (χ1) is 10.9. The van der Waals surface area contributed by atoms with Crippen LogP contribution in [0.4, 0.5) is 5.95 Å². The van der Waals surface area contributed by atoms with Gasteiger partial charge in [-0.1, -0.05) is 51.9 Å². The lowest BCUT2D eigenvalue weighted by Crippen LogP contribution is -2.04. The number of anilines is 1. The lowest BCUT2D eigenvalue weighted by molar-refractivity contribution is 0.126. The van der Waals surface area contributed by atoms with Crippen molar-refractivity contribution in [1.29, 1.82) is 0 Å². The SMILES string of the molecule is CCCCCCOCCCCCCCCNc1ncccn1. The summed E-state index contributed by atoms with van der Waals surface area (Å²) in [7, 11) is 0. The van der Waals surface area contributed by atoms with Crippen molar-refractivity contribution in [2.45, 2.75) is 71.1 Å². The van der Waals surface area contributed by atoms with Gasteiger partial charge in [0.05, 0.1) is 0 Å². The summed E-state index contributed by atoms with van der Waals surface area (Å²) >= 11 is 0. The van der Waals surface area contributed by atoms with Crippen LogP contribution in [0.3, 0.4) is 0 Å². The summed E-state index contributed by atoms with van der Waals surface area (Å²) in [5.74, 6) is 0.735. The zero-order chi connectivity index (χ0) is 15.7. The van der Waals surface area contributed by atoms with Crippen LogP contribution in [0.2, 0.25) is 0 Å². The summed E-state index contributed by atoms with van der Waals surface area (Å²) in [6.45, 7) is 5.10. The van der Waals surface area contributed by atoms with E-state index in [2.05, 4.69) is 22.2 Å². The standard InChI is InChI=1S/C18H33N3O/c1-2-3-4-10-16-22-17-11-8-6-5-7-9-13-19-18-20-14-12-15-21-18/h12,14-15H,2-11,13,16-17H2,1H3,(H,19,20,21). The predicted octanol–water partition coefficient (Wildman–Crippen LogP) is 4.83. The lowest BCUT2D eigenvalue weighted by Gasteiger charge is -2.05. The fourth-order valence-corrected chi connectivity index (χ4v) is 2.36. The minimum Gasteiger partial charge on any atom is -0.381 e. The van der Waals surface area contributed by atoms with E-state index in [1.807, 2.05) is 6.07 Å². The van der Waals surface area contributed by atoms with Crippen molar-refractivity contribution in [3.05, 3.63) is 18.5 Å². The van der Waals surface area contributed by atoms with Gasteiger partial charge in [-0.05, 0) is 25.3 Å². The Balaban J connectivity index is 1.73. The molecule has 0 radical (unpaired) electrons. The molecule has 0 spiro atoms. The molecule has 0 saturated carbocycles. The maximum Gasteiger partial charge on any atom is 0.222 e. The molecule has 0 unspecified atom stereocenters. The largest absolute Gasteiger partial charge is 0.381 e. The number of nitrogens with one attached hydrogen (secondary N) is 1. The van der Waals surface area contributed by atoms with E-state index in [4.69, 9.17) is 4.74 Å². The molecule has 126 valence electrons. The first-order valence-electron chi connectivity index (χ1n) is 9.02. The number of hydrogen-bond donors (Lipinski definition) is 1. The quantitative estimate of drug-likeness (QED) is 0.472. The molecule has 1 aromatic heterocycles. The van der Waals surface area contributed by atoms with Gasteiger partial charge in [0.25, 0.3) is 0 Å². The van der Waals surface area contributed by atoms with Gasteiger partial charge < -0.3 is 10.1 Å². The van der Waals surface area contributed by atoms with Gasteiger partial charge in [-0.3, -0.25) is 0 Å². The average molecular weight is 307 g/mol. The van der Waals surface area contributed by atoms with Gasteiger partial charge in [0.15, 0.2) is 0 Å². The molecule has 1 aromatic rings. The van der Waals surface area contributed by atoms with Crippen LogP contribution < -0.4 is 5.32 Å². The highest BCUT2D eigenvalue weighted by Crippen LogP contribution is 2.06. The van der Waals surface area contributed by atoms with E-state index in [9.17, 15) is 0 Å². The fraction of sp³-hybridized carbons (Fsp3) is 0.778. The zero-order valence-electron chi connectivity index (χ0n) is 14.2. The molecule has 0 aliphatic carbocycles. The summed E-state index contributed by atoms with van der Waals surface area (Å²) in [5.41, 5.74) is 0. The molecule has 0 bridgehead atoms. The Morgan fingerprint density at radius 3 is 2.09 bits per heavy atom. The summed E-state index contributed by atoms with van der Waals surface area (Å²) < 4.78 is 5.65. The third-order valence-corrected chi connectivity index (χ3v) is 3.71. The molecule has 4 heteroatoms. The average Bonchev–Trinajstić information content (AvgIpc) is 2.56. The monoisotopic (exact) mass is 307 g/mol. The van der Waals surface area contributed by atoms with Gasteiger partial charge in [-0.25, -0.2) is 9.97 Å². The van der Waals surface area contributed by atoms with Crippen LogP contribution in [0.1, 0.15) is 71.1 Å². The van der Waals surface area contributed by atoms with Crippen LogP contribution >= 0.6 is 0 Å². The van der Waals surface area contributed by atoms with Gasteiger partial charge in [0.2, 0.25) is 5.95 Å². The van der Waals surface area contributed by atoms with E-state index >= 15 is 0 Å². The molecule has 0 amide bonds. The third kappa shape index (κ3) is 11.5. The maximum atomic E-state index is 5.65. The van der Waals surface area contributed by atoms with Crippen LogP contribution in [-0.4, -0.2) is 29.7 Å². The second-order valence-corrected chi connectivity index (χ2v) is 5.79. The zero-order valence-corrected chi connectivity index (χ0v) is 14.2. The molecule has 1 N–H and O–H groups in total.